The summed E-state index contributed by atoms with van der Waals surface area (Å²) in [6, 6.07) is 8.99. The van der Waals surface area contributed by atoms with Crippen molar-refractivity contribution in [2.75, 3.05) is 5.32 Å². The van der Waals surface area contributed by atoms with E-state index in [0.29, 0.717) is 23.8 Å². The van der Waals surface area contributed by atoms with Crippen LogP contribution >= 0.6 is 0 Å². The van der Waals surface area contributed by atoms with Crippen molar-refractivity contribution >= 4 is 17.3 Å². The quantitative estimate of drug-likeness (QED) is 0.436. The van der Waals surface area contributed by atoms with Crippen LogP contribution in [0.15, 0.2) is 55.1 Å². The third-order valence-electron chi connectivity index (χ3n) is 3.55. The van der Waals surface area contributed by atoms with Crippen molar-refractivity contribution in [1.82, 2.24) is 29.4 Å². The Kier molecular flexibility index (Phi) is 3.54. The molecule has 4 heterocycles. The minimum Gasteiger partial charge on any atom is -0.363 e. The first-order valence-electron chi connectivity index (χ1n) is 7.39. The van der Waals surface area contributed by atoms with Crippen molar-refractivity contribution in [1.29, 1.82) is 0 Å². The second kappa shape index (κ2) is 6.00. The zero-order valence-electron chi connectivity index (χ0n) is 12.9. The Labute approximate surface area is 140 Å². The maximum absolute atomic E-state index is 11.0. The first-order valence-corrected chi connectivity index (χ1v) is 7.39. The van der Waals surface area contributed by atoms with Gasteiger partial charge in [0.2, 0.25) is 5.65 Å². The van der Waals surface area contributed by atoms with Gasteiger partial charge < -0.3 is 15.4 Å². The van der Waals surface area contributed by atoms with Gasteiger partial charge in [0, 0.05) is 31.2 Å². The average Bonchev–Trinajstić information content (AvgIpc) is 3.29. The molecule has 0 saturated heterocycles. The molecule has 0 bridgehead atoms. The van der Waals surface area contributed by atoms with Crippen molar-refractivity contribution in [2.24, 2.45) is 0 Å². The van der Waals surface area contributed by atoms with Crippen molar-refractivity contribution in [3.8, 4) is 5.82 Å². The molecule has 0 fully saturated rings. The average molecular weight is 336 g/mol. The zero-order chi connectivity index (χ0) is 17.2. The number of nitrogens with zero attached hydrogens (tertiary/aromatic N) is 7. The van der Waals surface area contributed by atoms with E-state index in [-0.39, 0.29) is 5.82 Å². The molecule has 4 rings (SSSR count). The van der Waals surface area contributed by atoms with Crippen LogP contribution in [0.2, 0.25) is 0 Å². The van der Waals surface area contributed by atoms with E-state index in [1.54, 1.807) is 29.2 Å². The summed E-state index contributed by atoms with van der Waals surface area (Å²) in [5.74, 6) is 1.03. The van der Waals surface area contributed by atoms with E-state index in [0.717, 1.165) is 5.56 Å². The van der Waals surface area contributed by atoms with Crippen molar-refractivity contribution < 1.29 is 4.92 Å². The van der Waals surface area contributed by atoms with E-state index in [2.05, 4.69) is 25.5 Å². The number of hydrogen-bond donors (Lipinski definition) is 1. The van der Waals surface area contributed by atoms with Gasteiger partial charge in [-0.1, -0.05) is 9.61 Å². The number of rotatable bonds is 5. The van der Waals surface area contributed by atoms with Crippen LogP contribution in [0.3, 0.4) is 0 Å². The predicted molar refractivity (Wildman–Crippen MR) is 88.3 cm³/mol. The van der Waals surface area contributed by atoms with Crippen LogP contribution in [0.25, 0.3) is 11.5 Å². The predicted octanol–water partition coefficient (Wildman–Crippen LogP) is 1.83. The highest BCUT2D eigenvalue weighted by atomic mass is 16.6. The molecule has 1 N–H and O–H groups in total. The molecule has 4 aromatic heterocycles. The minimum absolute atomic E-state index is 0.177. The molecule has 0 aliphatic heterocycles. The van der Waals surface area contributed by atoms with Crippen molar-refractivity contribution in [3.63, 3.8) is 0 Å². The fraction of sp³-hybridized carbons (Fsp3) is 0.0667. The number of nitrogens with one attached hydrogen (secondary N) is 1. The molecule has 10 heteroatoms. The molecule has 0 aliphatic carbocycles. The van der Waals surface area contributed by atoms with Crippen LogP contribution in [0.5, 0.6) is 0 Å². The van der Waals surface area contributed by atoms with Gasteiger partial charge in [-0.15, -0.1) is 0 Å². The maximum Gasteiger partial charge on any atom is 0.368 e. The van der Waals surface area contributed by atoms with Crippen LogP contribution in [-0.2, 0) is 6.54 Å². The first-order chi connectivity index (χ1) is 12.2. The summed E-state index contributed by atoms with van der Waals surface area (Å²) < 4.78 is 2.87. The standard InChI is InChI=1S/C15H12N8O2/c24-23(25)15-10-18-13-3-2-12(20-22(13)15)17-9-11-4-6-16-14(8-11)21-7-1-5-19-21/h1-8,10H,9H2,(H,17,20). The van der Waals surface area contributed by atoms with Gasteiger partial charge in [-0.05, 0) is 34.8 Å². The molecule has 124 valence electrons. The number of anilines is 1. The van der Waals surface area contributed by atoms with Gasteiger partial charge in [0.25, 0.3) is 0 Å². The molecule has 0 atom stereocenters. The second-order valence-corrected chi connectivity index (χ2v) is 5.19. The Hall–Kier alpha value is -3.82. The van der Waals surface area contributed by atoms with Crippen LogP contribution in [0.4, 0.5) is 11.6 Å². The summed E-state index contributed by atoms with van der Waals surface area (Å²) >= 11 is 0. The Balaban J connectivity index is 1.55. The van der Waals surface area contributed by atoms with E-state index in [1.165, 1.54) is 10.7 Å². The summed E-state index contributed by atoms with van der Waals surface area (Å²) in [6.45, 7) is 0.484. The highest BCUT2D eigenvalue weighted by Crippen LogP contribution is 2.15. The lowest BCUT2D eigenvalue weighted by molar-refractivity contribution is -0.391. The maximum atomic E-state index is 11.0. The van der Waals surface area contributed by atoms with E-state index < -0.39 is 4.92 Å². The van der Waals surface area contributed by atoms with E-state index in [1.807, 2.05) is 24.4 Å². The second-order valence-electron chi connectivity index (χ2n) is 5.19. The number of nitro groups is 1. The molecule has 4 aromatic rings. The number of aromatic nitrogens is 6. The monoisotopic (exact) mass is 336 g/mol. The lowest BCUT2D eigenvalue weighted by Crippen LogP contribution is -2.06. The Morgan fingerprint density at radius 2 is 2.12 bits per heavy atom. The summed E-state index contributed by atoms with van der Waals surface area (Å²) in [5.41, 5.74) is 1.39. The van der Waals surface area contributed by atoms with E-state index in [9.17, 15) is 10.1 Å². The topological polar surface area (TPSA) is 116 Å². The Morgan fingerprint density at radius 3 is 2.92 bits per heavy atom. The minimum atomic E-state index is -0.518. The highest BCUT2D eigenvalue weighted by molar-refractivity contribution is 5.48. The molecule has 10 nitrogen and oxygen atoms in total. The largest absolute Gasteiger partial charge is 0.368 e. The summed E-state index contributed by atoms with van der Waals surface area (Å²) in [6.07, 6.45) is 6.38. The zero-order valence-corrected chi connectivity index (χ0v) is 12.9. The molecule has 0 amide bonds. The Bertz CT molecular complexity index is 1040. The van der Waals surface area contributed by atoms with Gasteiger partial charge in [0.05, 0.1) is 0 Å². The SMILES string of the molecule is O=[N+]([O-])c1cnc2ccc(NCc3ccnc(-n4cccn4)c3)nn12. The lowest BCUT2D eigenvalue weighted by Gasteiger charge is -2.06. The van der Waals surface area contributed by atoms with Gasteiger partial charge >= 0.3 is 5.82 Å². The molecular formula is C15H12N8O2. The van der Waals surface area contributed by atoms with E-state index >= 15 is 0 Å². The van der Waals surface area contributed by atoms with Gasteiger partial charge in [0.15, 0.2) is 11.6 Å². The van der Waals surface area contributed by atoms with Gasteiger partial charge in [0.1, 0.15) is 6.20 Å². The van der Waals surface area contributed by atoms with E-state index in [4.69, 9.17) is 0 Å². The fourth-order valence-electron chi connectivity index (χ4n) is 2.37. The normalized spacial score (nSPS) is 10.9. The fourth-order valence-corrected chi connectivity index (χ4v) is 2.37. The number of fused-ring (bicyclic) bond motifs is 1. The van der Waals surface area contributed by atoms with Crippen molar-refractivity contribution in [3.05, 3.63) is 70.8 Å². The molecule has 0 saturated carbocycles. The number of hydrogen-bond acceptors (Lipinski definition) is 7. The lowest BCUT2D eigenvalue weighted by atomic mass is 10.2. The van der Waals surface area contributed by atoms with Gasteiger partial charge in [-0.3, -0.25) is 0 Å². The van der Waals surface area contributed by atoms with Gasteiger partial charge in [-0.2, -0.15) is 5.10 Å². The third-order valence-corrected chi connectivity index (χ3v) is 3.55. The first kappa shape index (κ1) is 14.8. The third kappa shape index (κ3) is 2.87. The summed E-state index contributed by atoms with van der Waals surface area (Å²) in [7, 11) is 0. The number of imidazole rings is 1. The Morgan fingerprint density at radius 1 is 1.20 bits per heavy atom. The van der Waals surface area contributed by atoms with Crippen LogP contribution in [0, 0.1) is 10.1 Å². The van der Waals surface area contributed by atoms with Crippen LogP contribution in [0.1, 0.15) is 5.56 Å². The molecule has 0 aromatic carbocycles. The van der Waals surface area contributed by atoms with Crippen LogP contribution < -0.4 is 5.32 Å². The summed E-state index contributed by atoms with van der Waals surface area (Å²) in [4.78, 5) is 18.7. The highest BCUT2D eigenvalue weighted by Gasteiger charge is 2.15. The van der Waals surface area contributed by atoms with Crippen molar-refractivity contribution in [2.45, 2.75) is 6.54 Å². The number of pyridine rings is 1. The van der Waals surface area contributed by atoms with Gasteiger partial charge in [-0.25, -0.2) is 14.6 Å². The van der Waals surface area contributed by atoms with Crippen LogP contribution in [-0.4, -0.2) is 34.3 Å². The molecule has 0 radical (unpaired) electrons. The molecule has 25 heavy (non-hydrogen) atoms. The molecule has 0 spiro atoms. The molecular weight excluding hydrogens is 324 g/mol. The summed E-state index contributed by atoms with van der Waals surface area (Å²) in [5, 5.41) is 22.5. The molecule has 0 unspecified atom stereocenters. The molecule has 0 aliphatic rings. The smallest absolute Gasteiger partial charge is 0.363 e.